The van der Waals surface area contributed by atoms with E-state index in [0.717, 1.165) is 56.9 Å². The molecule has 0 amide bonds. The molecule has 84 heavy (non-hydrogen) atoms. The number of thiophene rings is 2. The maximum atomic E-state index is 4.55. The predicted octanol–water partition coefficient (Wildman–Crippen LogP) is 20.1. The number of benzene rings is 6. The summed E-state index contributed by atoms with van der Waals surface area (Å²) in [5.74, 6) is 1.48. The molecule has 2 aliphatic rings. The van der Waals surface area contributed by atoms with E-state index in [1.54, 1.807) is 5.19 Å². The fraction of sp³-hybridized carbons (Fsp3) is 0.243. The second-order valence-corrected chi connectivity index (χ2v) is 36.0. The number of pyridine rings is 4. The summed E-state index contributed by atoms with van der Waals surface area (Å²) in [6.07, 6.45) is 21.2. The number of nitrogens with zero attached hydrogens (tertiary/aromatic N) is 4. The molecule has 14 rings (SSSR count). The maximum Gasteiger partial charge on any atom is 0.0783 e. The SMILES string of the molecule is C[Si](C)(C)c1c[c-]c(-c2ccccn2)c2sc3ccccc3c12.C[Si](C)(C)c1cccc2sc3c(-c4ccccn4)[c-]ccc3c12.[Ir].[Ir].[c-]1ccccc1-c1cc(C2CCCCC2)ccn1.[c-]1ccccc1-c1cc(C2CCCCC2)ccn1. The van der Waals surface area contributed by atoms with E-state index in [-0.39, 0.29) is 40.2 Å². The van der Waals surface area contributed by atoms with Crippen LogP contribution in [0.1, 0.15) is 87.2 Å². The van der Waals surface area contributed by atoms with Gasteiger partial charge in [0.2, 0.25) is 0 Å². The van der Waals surface area contributed by atoms with Gasteiger partial charge in [-0.3, -0.25) is 0 Å². The van der Waals surface area contributed by atoms with E-state index in [4.69, 9.17) is 0 Å². The van der Waals surface area contributed by atoms with Gasteiger partial charge in [0.05, 0.1) is 8.07 Å². The van der Waals surface area contributed by atoms with Gasteiger partial charge in [0.15, 0.2) is 0 Å². The van der Waals surface area contributed by atoms with Crippen molar-refractivity contribution in [3.8, 4) is 45.0 Å². The van der Waals surface area contributed by atoms with Gasteiger partial charge in [-0.1, -0.05) is 172 Å². The van der Waals surface area contributed by atoms with Crippen LogP contribution < -0.4 is 10.4 Å². The third kappa shape index (κ3) is 14.8. The van der Waals surface area contributed by atoms with Crippen molar-refractivity contribution in [2.45, 2.75) is 115 Å². The molecule has 0 bridgehead atoms. The van der Waals surface area contributed by atoms with Crippen molar-refractivity contribution in [1.29, 1.82) is 0 Å². The summed E-state index contributed by atoms with van der Waals surface area (Å²) in [5, 5.41) is 8.62. The van der Waals surface area contributed by atoms with E-state index in [1.807, 2.05) is 114 Å². The first-order valence-electron chi connectivity index (χ1n) is 29.4. The molecule has 10 heteroatoms. The summed E-state index contributed by atoms with van der Waals surface area (Å²) < 4.78 is 5.34. The number of hydrogen-bond donors (Lipinski definition) is 0. The zero-order valence-electron chi connectivity index (χ0n) is 49.0. The minimum Gasteiger partial charge on any atom is -0.305 e. The van der Waals surface area contributed by atoms with Crippen LogP contribution >= 0.6 is 22.7 Å². The normalized spacial score (nSPS) is 13.8. The zero-order valence-corrected chi connectivity index (χ0v) is 57.4. The first-order chi connectivity index (χ1) is 40.0. The number of rotatable bonds is 8. The fourth-order valence-corrected chi connectivity index (χ4v) is 17.6. The van der Waals surface area contributed by atoms with Gasteiger partial charge in [0.25, 0.3) is 0 Å². The number of fused-ring (bicyclic) bond motifs is 6. The summed E-state index contributed by atoms with van der Waals surface area (Å²) in [6.45, 7) is 14.5. The largest absolute Gasteiger partial charge is 0.305 e. The van der Waals surface area contributed by atoms with Crippen molar-refractivity contribution in [2.75, 3.05) is 0 Å². The maximum absolute atomic E-state index is 4.55. The molecule has 2 radical (unpaired) electrons. The van der Waals surface area contributed by atoms with Crippen LogP contribution in [0.5, 0.6) is 0 Å². The van der Waals surface area contributed by atoms with Gasteiger partial charge in [0.1, 0.15) is 0 Å². The standard InChI is InChI=1S/2C20H18NSSi.2C17H18N.2Ir/c1-23(2,3)18-12-7-11-17-19(18)15-9-6-8-14(20(15)22-17)16-10-4-5-13-21-16;1-23(2,3)18-12-11-14(16-9-6-7-13-21-16)20-19(18)15-8-4-5-10-17(15)22-20;2*1-3-7-14(8-4-1)16-11-12-18-17(13-16)15-9-5-2-6-10-15;;/h4-7,9-13H,1-3H3;4-10,12-13H,1-3H3;2*2,5-6,9,11-14H,1,3-4,7-8H2;;/q4*-1;;. The van der Waals surface area contributed by atoms with E-state index in [0.29, 0.717) is 0 Å². The molecule has 0 N–H and O–H groups in total. The van der Waals surface area contributed by atoms with Gasteiger partial charge >= 0.3 is 0 Å². The molecule has 430 valence electrons. The Morgan fingerprint density at radius 2 is 0.893 bits per heavy atom. The summed E-state index contributed by atoms with van der Waals surface area (Å²) in [4.78, 5) is 18.0. The Hall–Kier alpha value is -5.91. The molecule has 0 unspecified atom stereocenters. The van der Waals surface area contributed by atoms with Crippen LogP contribution in [0.15, 0.2) is 195 Å². The molecule has 4 nitrogen and oxygen atoms in total. The Bertz CT molecular complexity index is 3940. The van der Waals surface area contributed by atoms with Gasteiger partial charge in [-0.2, -0.15) is 22.7 Å². The Morgan fingerprint density at radius 3 is 1.42 bits per heavy atom. The summed E-state index contributed by atoms with van der Waals surface area (Å²) >= 11 is 3.73. The quantitative estimate of drug-likeness (QED) is 0.112. The minimum absolute atomic E-state index is 0. The Balaban J connectivity index is 0.000000134. The Kier molecular flexibility index (Phi) is 21.6. The molecule has 0 saturated heterocycles. The topological polar surface area (TPSA) is 51.6 Å². The van der Waals surface area contributed by atoms with Crippen LogP contribution in [-0.2, 0) is 40.2 Å². The van der Waals surface area contributed by atoms with Crippen molar-refractivity contribution < 1.29 is 40.2 Å². The molecule has 0 atom stereocenters. The zero-order chi connectivity index (χ0) is 56.5. The summed E-state index contributed by atoms with van der Waals surface area (Å²) in [7, 11) is -2.84. The third-order valence-corrected chi connectivity index (χ3v) is 22.5. The monoisotopic (exact) mass is 1520 g/mol. The number of hydrogen-bond acceptors (Lipinski definition) is 6. The van der Waals surface area contributed by atoms with Gasteiger partial charge in [0, 0.05) is 82.5 Å². The molecular weight excluding hydrogens is 1450 g/mol. The summed E-state index contributed by atoms with van der Waals surface area (Å²) in [6, 6.07) is 72.6. The summed E-state index contributed by atoms with van der Waals surface area (Å²) in [5.41, 5.74) is 11.5. The Labute approximate surface area is 535 Å². The van der Waals surface area contributed by atoms with E-state index in [1.165, 1.54) is 121 Å². The van der Waals surface area contributed by atoms with Crippen LogP contribution in [0, 0.1) is 24.3 Å². The number of aromatic nitrogens is 4. The Morgan fingerprint density at radius 1 is 0.393 bits per heavy atom. The molecule has 0 aliphatic heterocycles. The van der Waals surface area contributed by atoms with Crippen molar-refractivity contribution in [1.82, 2.24) is 19.9 Å². The fourth-order valence-electron chi connectivity index (χ4n) is 11.9. The van der Waals surface area contributed by atoms with Crippen molar-refractivity contribution in [2.24, 2.45) is 0 Å². The molecule has 12 aromatic rings. The molecule has 2 fully saturated rings. The molecule has 6 heterocycles. The van der Waals surface area contributed by atoms with Crippen LogP contribution in [0.25, 0.3) is 85.4 Å². The van der Waals surface area contributed by atoms with Crippen molar-refractivity contribution in [3.63, 3.8) is 0 Å². The average Bonchev–Trinajstić information content (AvgIpc) is 2.76. The predicted molar refractivity (Wildman–Crippen MR) is 357 cm³/mol. The van der Waals surface area contributed by atoms with Crippen LogP contribution in [0.3, 0.4) is 0 Å². The van der Waals surface area contributed by atoms with Gasteiger partial charge in [-0.25, -0.2) is 0 Å². The van der Waals surface area contributed by atoms with Gasteiger partial charge < -0.3 is 19.9 Å². The van der Waals surface area contributed by atoms with Gasteiger partial charge in [-0.15, -0.1) is 118 Å². The van der Waals surface area contributed by atoms with Crippen LogP contribution in [0.4, 0.5) is 0 Å². The first kappa shape index (κ1) is 62.6. The molecular formula is C74H72Ir2N4S2Si2-4. The van der Waals surface area contributed by atoms with E-state index < -0.39 is 16.1 Å². The van der Waals surface area contributed by atoms with Crippen molar-refractivity contribution >= 4 is 89.5 Å². The van der Waals surface area contributed by atoms with Gasteiger partial charge in [-0.05, 0) is 117 Å². The molecule has 6 aromatic carbocycles. The van der Waals surface area contributed by atoms with Crippen LogP contribution in [-0.4, -0.2) is 36.1 Å². The smallest absolute Gasteiger partial charge is 0.0783 e. The average molecular weight is 1520 g/mol. The van der Waals surface area contributed by atoms with E-state index >= 15 is 0 Å². The molecule has 6 aromatic heterocycles. The second-order valence-electron chi connectivity index (χ2n) is 23.9. The first-order valence-corrected chi connectivity index (χ1v) is 38.0. The van der Waals surface area contributed by atoms with E-state index in [2.05, 4.69) is 187 Å². The molecule has 2 aliphatic carbocycles. The minimum atomic E-state index is -1.45. The molecule has 0 spiro atoms. The van der Waals surface area contributed by atoms with E-state index in [9.17, 15) is 0 Å². The second kappa shape index (κ2) is 29.0. The third-order valence-electron chi connectivity index (χ3n) is 16.1. The molecule has 2 saturated carbocycles. The van der Waals surface area contributed by atoms with Crippen molar-refractivity contribution in [3.05, 3.63) is 230 Å². The van der Waals surface area contributed by atoms with Crippen LogP contribution in [0.2, 0.25) is 39.3 Å².